The Bertz CT molecular complexity index is 303. The highest BCUT2D eigenvalue weighted by Crippen LogP contribution is 2.02. The van der Waals surface area contributed by atoms with Gasteiger partial charge in [-0.1, -0.05) is 42.5 Å². The van der Waals surface area contributed by atoms with Gasteiger partial charge in [-0.25, -0.2) is 0 Å². The second kappa shape index (κ2) is 5.35. The van der Waals surface area contributed by atoms with Gasteiger partial charge in [-0.15, -0.1) is 0 Å². The number of aldehydes is 1. The summed E-state index contributed by atoms with van der Waals surface area (Å²) < 4.78 is 0. The van der Waals surface area contributed by atoms with Gasteiger partial charge in [-0.05, 0) is 19.7 Å². The van der Waals surface area contributed by atoms with Crippen LogP contribution in [0.5, 0.6) is 0 Å². The maximum atomic E-state index is 10.7. The molecule has 0 N–H and O–H groups in total. The number of benzene rings is 1. The lowest BCUT2D eigenvalue weighted by Crippen LogP contribution is -2.26. The van der Waals surface area contributed by atoms with Crippen molar-refractivity contribution in [1.82, 2.24) is 4.90 Å². The van der Waals surface area contributed by atoms with Crippen LogP contribution in [0.15, 0.2) is 36.4 Å². The number of likely N-dealkylation sites (N-methyl/N-ethyl adjacent to an activating group) is 1. The van der Waals surface area contributed by atoms with E-state index < -0.39 is 0 Å². The summed E-state index contributed by atoms with van der Waals surface area (Å²) in [5.41, 5.74) is 1.11. The van der Waals surface area contributed by atoms with Crippen molar-refractivity contribution < 1.29 is 4.79 Å². The van der Waals surface area contributed by atoms with Gasteiger partial charge in [0.15, 0.2) is 0 Å². The third kappa shape index (κ3) is 3.15. The van der Waals surface area contributed by atoms with Crippen LogP contribution in [0.3, 0.4) is 0 Å². The first-order chi connectivity index (χ1) is 6.74. The summed E-state index contributed by atoms with van der Waals surface area (Å²) >= 11 is 0. The Hall–Kier alpha value is -1.41. The first-order valence-corrected chi connectivity index (χ1v) is 4.59. The van der Waals surface area contributed by atoms with Gasteiger partial charge in [0, 0.05) is 0 Å². The lowest BCUT2D eigenvalue weighted by molar-refractivity contribution is -0.110. The number of hydrogen-bond donors (Lipinski definition) is 0. The average Bonchev–Trinajstić information content (AvgIpc) is 2.20. The van der Waals surface area contributed by atoms with E-state index in [0.717, 1.165) is 11.8 Å². The Labute approximate surface area is 84.9 Å². The van der Waals surface area contributed by atoms with Crippen molar-refractivity contribution in [3.05, 3.63) is 42.0 Å². The second-order valence-corrected chi connectivity index (χ2v) is 3.36. The molecule has 0 radical (unpaired) electrons. The van der Waals surface area contributed by atoms with E-state index in [1.54, 1.807) is 0 Å². The van der Waals surface area contributed by atoms with E-state index in [1.807, 2.05) is 61.5 Å². The van der Waals surface area contributed by atoms with Crippen molar-refractivity contribution in [3.63, 3.8) is 0 Å². The van der Waals surface area contributed by atoms with Crippen molar-refractivity contribution in [3.8, 4) is 0 Å². The zero-order valence-electron chi connectivity index (χ0n) is 8.55. The number of carbonyl (C=O) groups excluding carboxylic acids is 1. The van der Waals surface area contributed by atoms with Gasteiger partial charge < -0.3 is 4.79 Å². The monoisotopic (exact) mass is 189 g/mol. The van der Waals surface area contributed by atoms with Crippen LogP contribution in [0.4, 0.5) is 0 Å². The quantitative estimate of drug-likeness (QED) is 0.673. The van der Waals surface area contributed by atoms with Gasteiger partial charge in [-0.2, -0.15) is 0 Å². The van der Waals surface area contributed by atoms with Crippen molar-refractivity contribution in [1.29, 1.82) is 0 Å². The molecule has 1 aromatic carbocycles. The topological polar surface area (TPSA) is 20.3 Å². The molecule has 0 aliphatic carbocycles. The smallest absolute Gasteiger partial charge is 0.141 e. The summed E-state index contributed by atoms with van der Waals surface area (Å²) in [6.45, 7) is 0. The Balaban J connectivity index is 2.67. The SMILES string of the molecule is CN(C)C(C=O)C=Cc1ccccc1. The van der Waals surface area contributed by atoms with E-state index in [0.29, 0.717) is 0 Å². The number of hydrogen-bond acceptors (Lipinski definition) is 2. The Morgan fingerprint density at radius 3 is 2.36 bits per heavy atom. The normalized spacial score (nSPS) is 13.4. The van der Waals surface area contributed by atoms with E-state index in [9.17, 15) is 4.79 Å². The molecule has 0 heterocycles. The van der Waals surface area contributed by atoms with Crippen LogP contribution in [-0.4, -0.2) is 31.3 Å². The van der Waals surface area contributed by atoms with E-state index >= 15 is 0 Å². The van der Waals surface area contributed by atoms with E-state index in [4.69, 9.17) is 0 Å². The minimum atomic E-state index is -0.143. The molecule has 0 aliphatic rings. The first kappa shape index (κ1) is 10.7. The zero-order chi connectivity index (χ0) is 10.4. The largest absolute Gasteiger partial charge is 0.301 e. The molecular weight excluding hydrogens is 174 g/mol. The first-order valence-electron chi connectivity index (χ1n) is 4.59. The summed E-state index contributed by atoms with van der Waals surface area (Å²) in [4.78, 5) is 12.5. The van der Waals surface area contributed by atoms with Gasteiger partial charge in [0.25, 0.3) is 0 Å². The zero-order valence-corrected chi connectivity index (χ0v) is 8.55. The minimum absolute atomic E-state index is 0.143. The molecule has 74 valence electrons. The molecule has 0 saturated heterocycles. The van der Waals surface area contributed by atoms with Crippen LogP contribution in [0.2, 0.25) is 0 Å². The highest BCUT2D eigenvalue weighted by molar-refractivity contribution is 5.64. The van der Waals surface area contributed by atoms with Crippen molar-refractivity contribution in [2.24, 2.45) is 0 Å². The number of rotatable bonds is 4. The highest BCUT2D eigenvalue weighted by atomic mass is 16.1. The summed E-state index contributed by atoms with van der Waals surface area (Å²) in [6.07, 6.45) is 4.78. The Kier molecular flexibility index (Phi) is 4.08. The fraction of sp³-hybridized carbons (Fsp3) is 0.250. The maximum absolute atomic E-state index is 10.7. The molecule has 0 fully saturated rings. The highest BCUT2D eigenvalue weighted by Gasteiger charge is 2.03. The lowest BCUT2D eigenvalue weighted by Gasteiger charge is -2.13. The summed E-state index contributed by atoms with van der Waals surface area (Å²) in [5.74, 6) is 0. The van der Waals surface area contributed by atoms with Crippen LogP contribution >= 0.6 is 0 Å². The summed E-state index contributed by atoms with van der Waals surface area (Å²) in [6, 6.07) is 9.80. The molecule has 0 amide bonds. The molecule has 1 aromatic rings. The predicted molar refractivity (Wildman–Crippen MR) is 59.0 cm³/mol. The van der Waals surface area contributed by atoms with Gasteiger partial charge in [0.05, 0.1) is 6.04 Å². The van der Waals surface area contributed by atoms with Crippen LogP contribution < -0.4 is 0 Å². The average molecular weight is 189 g/mol. The van der Waals surface area contributed by atoms with Crippen molar-refractivity contribution in [2.75, 3.05) is 14.1 Å². The Morgan fingerprint density at radius 1 is 1.21 bits per heavy atom. The molecule has 0 aliphatic heterocycles. The third-order valence-electron chi connectivity index (χ3n) is 2.02. The standard InChI is InChI=1S/C12H15NO/c1-13(2)12(10-14)9-8-11-6-4-3-5-7-11/h3-10,12H,1-2H3. The Morgan fingerprint density at radius 2 is 1.86 bits per heavy atom. The maximum Gasteiger partial charge on any atom is 0.141 e. The molecule has 0 aromatic heterocycles. The molecule has 0 spiro atoms. The molecule has 14 heavy (non-hydrogen) atoms. The van der Waals surface area contributed by atoms with Gasteiger partial charge in [-0.3, -0.25) is 4.90 Å². The van der Waals surface area contributed by atoms with Gasteiger partial charge in [0.1, 0.15) is 6.29 Å². The van der Waals surface area contributed by atoms with Crippen LogP contribution in [-0.2, 0) is 4.79 Å². The van der Waals surface area contributed by atoms with Crippen LogP contribution in [0.25, 0.3) is 6.08 Å². The van der Waals surface area contributed by atoms with E-state index in [2.05, 4.69) is 0 Å². The molecular formula is C12H15NO. The van der Waals surface area contributed by atoms with Gasteiger partial charge >= 0.3 is 0 Å². The van der Waals surface area contributed by atoms with E-state index in [-0.39, 0.29) is 6.04 Å². The van der Waals surface area contributed by atoms with Gasteiger partial charge in [0.2, 0.25) is 0 Å². The predicted octanol–water partition coefficient (Wildman–Crippen LogP) is 1.83. The van der Waals surface area contributed by atoms with E-state index in [1.165, 1.54) is 0 Å². The molecule has 1 unspecified atom stereocenters. The molecule has 1 atom stereocenters. The second-order valence-electron chi connectivity index (χ2n) is 3.36. The number of carbonyl (C=O) groups is 1. The summed E-state index contributed by atoms with van der Waals surface area (Å²) in [7, 11) is 3.77. The number of nitrogens with zero attached hydrogens (tertiary/aromatic N) is 1. The molecule has 0 bridgehead atoms. The fourth-order valence-corrected chi connectivity index (χ4v) is 1.11. The third-order valence-corrected chi connectivity index (χ3v) is 2.02. The minimum Gasteiger partial charge on any atom is -0.301 e. The lowest BCUT2D eigenvalue weighted by atomic mass is 10.2. The van der Waals surface area contributed by atoms with Crippen LogP contribution in [0.1, 0.15) is 5.56 Å². The molecule has 2 nitrogen and oxygen atoms in total. The van der Waals surface area contributed by atoms with Crippen LogP contribution in [0, 0.1) is 0 Å². The van der Waals surface area contributed by atoms with Crippen molar-refractivity contribution in [2.45, 2.75) is 6.04 Å². The molecule has 1 rings (SSSR count). The van der Waals surface area contributed by atoms with Crippen molar-refractivity contribution >= 4 is 12.4 Å². The molecule has 2 heteroatoms. The molecule has 0 saturated carbocycles. The summed E-state index contributed by atoms with van der Waals surface area (Å²) in [5, 5.41) is 0. The fourth-order valence-electron chi connectivity index (χ4n) is 1.11.